The van der Waals surface area contributed by atoms with Crippen LogP contribution in [0, 0.1) is 11.8 Å². The molecule has 6 nitrogen and oxygen atoms in total. The first-order chi connectivity index (χ1) is 10.2. The summed E-state index contributed by atoms with van der Waals surface area (Å²) in [6.07, 6.45) is -2.58. The molecule has 2 heterocycles. The Kier molecular flexibility index (Phi) is 4.34. The van der Waals surface area contributed by atoms with Gasteiger partial charge in [-0.05, 0) is 12.3 Å². The number of carboxylic acid groups (broad SMARTS) is 1. The van der Waals surface area contributed by atoms with Crippen LogP contribution in [0.25, 0.3) is 0 Å². The molecule has 1 fully saturated rings. The highest BCUT2D eigenvalue weighted by Crippen LogP contribution is 2.26. The molecule has 1 aliphatic heterocycles. The van der Waals surface area contributed by atoms with Crippen molar-refractivity contribution in [2.45, 2.75) is 19.5 Å². The van der Waals surface area contributed by atoms with Gasteiger partial charge in [0.05, 0.1) is 11.5 Å². The van der Waals surface area contributed by atoms with E-state index in [0.29, 0.717) is 13.0 Å². The van der Waals surface area contributed by atoms with Crippen LogP contribution < -0.4 is 0 Å². The minimum absolute atomic E-state index is 0.00540. The predicted molar refractivity (Wildman–Crippen MR) is 67.8 cm³/mol. The van der Waals surface area contributed by atoms with Crippen LogP contribution in [0.1, 0.15) is 29.5 Å². The zero-order valence-corrected chi connectivity index (χ0v) is 11.7. The Balaban J connectivity index is 2.15. The molecule has 1 aliphatic rings. The molecule has 0 radical (unpaired) electrons. The number of piperidine rings is 1. The number of aromatic nitrogens is 2. The number of carbonyl (C=O) groups is 2. The maximum absolute atomic E-state index is 12.4. The molecule has 1 N–H and O–H groups in total. The summed E-state index contributed by atoms with van der Waals surface area (Å²) in [5.74, 6) is -3.56. The van der Waals surface area contributed by atoms with E-state index in [2.05, 4.69) is 9.97 Å². The first-order valence-corrected chi connectivity index (χ1v) is 6.59. The van der Waals surface area contributed by atoms with Gasteiger partial charge < -0.3 is 10.0 Å². The lowest BCUT2D eigenvalue weighted by Gasteiger charge is -2.34. The van der Waals surface area contributed by atoms with E-state index in [9.17, 15) is 22.8 Å². The molecule has 0 aliphatic carbocycles. The van der Waals surface area contributed by atoms with Crippen LogP contribution in [0.15, 0.2) is 12.4 Å². The van der Waals surface area contributed by atoms with Gasteiger partial charge in [-0.1, -0.05) is 6.92 Å². The number of amides is 1. The highest BCUT2D eigenvalue weighted by atomic mass is 19.4. The molecule has 1 aromatic rings. The molecule has 2 rings (SSSR count). The molecule has 2 atom stereocenters. The minimum atomic E-state index is -4.67. The number of carbonyl (C=O) groups excluding carboxylic acids is 1. The lowest BCUT2D eigenvalue weighted by Crippen LogP contribution is -2.45. The average Bonchev–Trinajstić information content (AvgIpc) is 2.45. The lowest BCUT2D eigenvalue weighted by atomic mass is 9.90. The van der Waals surface area contributed by atoms with E-state index in [1.165, 1.54) is 4.90 Å². The molecular weight excluding hydrogens is 303 g/mol. The molecule has 120 valence electrons. The van der Waals surface area contributed by atoms with E-state index in [1.54, 1.807) is 0 Å². The third-order valence-corrected chi connectivity index (χ3v) is 3.45. The standard InChI is InChI=1S/C13H14F3N3O3/c1-7-2-8(11(21)22)6-19(5-7)10(20)9-3-17-12(18-4-9)13(14,15)16/h3-4,7-8H,2,5-6H2,1H3,(H,21,22). The van der Waals surface area contributed by atoms with E-state index in [0.717, 1.165) is 12.4 Å². The van der Waals surface area contributed by atoms with Gasteiger partial charge in [-0.2, -0.15) is 13.2 Å². The number of rotatable bonds is 2. The molecule has 1 saturated heterocycles. The van der Waals surface area contributed by atoms with Gasteiger partial charge >= 0.3 is 12.1 Å². The van der Waals surface area contributed by atoms with Crippen molar-refractivity contribution in [3.05, 3.63) is 23.8 Å². The van der Waals surface area contributed by atoms with E-state index >= 15 is 0 Å². The second-order valence-corrected chi connectivity index (χ2v) is 5.38. The van der Waals surface area contributed by atoms with Crippen molar-refractivity contribution in [1.82, 2.24) is 14.9 Å². The third kappa shape index (κ3) is 3.52. The third-order valence-electron chi connectivity index (χ3n) is 3.45. The summed E-state index contributed by atoms with van der Waals surface area (Å²) in [5.41, 5.74) is -0.0914. The number of halogens is 3. The van der Waals surface area contributed by atoms with Gasteiger partial charge in [0, 0.05) is 25.5 Å². The average molecular weight is 317 g/mol. The topological polar surface area (TPSA) is 83.4 Å². The smallest absolute Gasteiger partial charge is 0.451 e. The highest BCUT2D eigenvalue weighted by Gasteiger charge is 2.35. The van der Waals surface area contributed by atoms with Crippen LogP contribution in [-0.2, 0) is 11.0 Å². The highest BCUT2D eigenvalue weighted by molar-refractivity contribution is 5.94. The molecule has 9 heteroatoms. The normalized spacial score (nSPS) is 22.5. The quantitative estimate of drug-likeness (QED) is 0.897. The first-order valence-electron chi connectivity index (χ1n) is 6.59. The fourth-order valence-electron chi connectivity index (χ4n) is 2.46. The monoisotopic (exact) mass is 317 g/mol. The maximum atomic E-state index is 12.4. The van der Waals surface area contributed by atoms with Crippen LogP contribution in [0.5, 0.6) is 0 Å². The van der Waals surface area contributed by atoms with E-state index in [4.69, 9.17) is 5.11 Å². The SMILES string of the molecule is CC1CC(C(=O)O)CN(C(=O)c2cnc(C(F)(F)F)nc2)C1. The zero-order chi connectivity index (χ0) is 16.5. The lowest BCUT2D eigenvalue weighted by molar-refractivity contribution is -0.145. The number of hydrogen-bond donors (Lipinski definition) is 1. The van der Waals surface area contributed by atoms with Crippen molar-refractivity contribution in [2.75, 3.05) is 13.1 Å². The molecule has 22 heavy (non-hydrogen) atoms. The molecular formula is C13H14F3N3O3. The van der Waals surface area contributed by atoms with Gasteiger partial charge in [0.1, 0.15) is 0 Å². The number of nitrogens with zero attached hydrogens (tertiary/aromatic N) is 3. The van der Waals surface area contributed by atoms with Gasteiger partial charge in [0.2, 0.25) is 5.82 Å². The molecule has 2 unspecified atom stereocenters. The van der Waals surface area contributed by atoms with Gasteiger partial charge in [0.15, 0.2) is 0 Å². The van der Waals surface area contributed by atoms with Gasteiger partial charge in [0.25, 0.3) is 5.91 Å². The molecule has 0 saturated carbocycles. The minimum Gasteiger partial charge on any atom is -0.481 e. The van der Waals surface area contributed by atoms with Crippen molar-refractivity contribution in [1.29, 1.82) is 0 Å². The van der Waals surface area contributed by atoms with E-state index in [1.807, 2.05) is 6.92 Å². The number of hydrogen-bond acceptors (Lipinski definition) is 4. The van der Waals surface area contributed by atoms with E-state index in [-0.39, 0.29) is 18.0 Å². The largest absolute Gasteiger partial charge is 0.481 e. The van der Waals surface area contributed by atoms with Gasteiger partial charge in [-0.25, -0.2) is 9.97 Å². The van der Waals surface area contributed by atoms with Crippen LogP contribution in [-0.4, -0.2) is 44.9 Å². The number of alkyl halides is 3. The number of carboxylic acids is 1. The van der Waals surface area contributed by atoms with E-state index < -0.39 is 29.8 Å². The number of likely N-dealkylation sites (tertiary alicyclic amines) is 1. The summed E-state index contributed by atoms with van der Waals surface area (Å²) in [6, 6.07) is 0. The second kappa shape index (κ2) is 5.90. The first kappa shape index (κ1) is 16.2. The maximum Gasteiger partial charge on any atom is 0.451 e. The molecule has 0 bridgehead atoms. The summed E-state index contributed by atoms with van der Waals surface area (Å²) < 4.78 is 37.1. The fourth-order valence-corrected chi connectivity index (χ4v) is 2.46. The van der Waals surface area contributed by atoms with Crippen molar-refractivity contribution in [2.24, 2.45) is 11.8 Å². The summed E-state index contributed by atoms with van der Waals surface area (Å²) in [6.45, 7) is 2.20. The fraction of sp³-hybridized carbons (Fsp3) is 0.538. The van der Waals surface area contributed by atoms with Gasteiger partial charge in [-0.15, -0.1) is 0 Å². The van der Waals surface area contributed by atoms with Crippen LogP contribution >= 0.6 is 0 Å². The van der Waals surface area contributed by atoms with Crippen molar-refractivity contribution >= 4 is 11.9 Å². The van der Waals surface area contributed by atoms with Crippen LogP contribution in [0.2, 0.25) is 0 Å². The Labute approximate surface area is 124 Å². The Bertz CT molecular complexity index is 574. The van der Waals surface area contributed by atoms with Crippen LogP contribution in [0.4, 0.5) is 13.2 Å². The second-order valence-electron chi connectivity index (χ2n) is 5.38. The zero-order valence-electron chi connectivity index (χ0n) is 11.7. The van der Waals surface area contributed by atoms with Crippen LogP contribution in [0.3, 0.4) is 0 Å². The number of aliphatic carboxylic acids is 1. The molecule has 1 amide bonds. The summed E-state index contributed by atoms with van der Waals surface area (Å²) >= 11 is 0. The van der Waals surface area contributed by atoms with Gasteiger partial charge in [-0.3, -0.25) is 9.59 Å². The summed E-state index contributed by atoms with van der Waals surface area (Å²) in [5, 5.41) is 9.06. The van der Waals surface area contributed by atoms with Crippen molar-refractivity contribution in [3.63, 3.8) is 0 Å². The Morgan fingerprint density at radius 2 is 1.86 bits per heavy atom. The van der Waals surface area contributed by atoms with Crippen molar-refractivity contribution < 1.29 is 27.9 Å². The molecule has 1 aromatic heterocycles. The Hall–Kier alpha value is -2.19. The Morgan fingerprint density at radius 1 is 1.27 bits per heavy atom. The predicted octanol–water partition coefficient (Wildman–Crippen LogP) is 1.68. The molecule has 0 spiro atoms. The molecule has 0 aromatic carbocycles. The Morgan fingerprint density at radius 3 is 2.36 bits per heavy atom. The summed E-state index contributed by atoms with van der Waals surface area (Å²) in [4.78, 5) is 30.9. The summed E-state index contributed by atoms with van der Waals surface area (Å²) in [7, 11) is 0. The van der Waals surface area contributed by atoms with Crippen molar-refractivity contribution in [3.8, 4) is 0 Å².